The molecule has 2 heterocycles. The number of benzene rings is 2. The van der Waals surface area contributed by atoms with Crippen LogP contribution in [0.15, 0.2) is 54.7 Å². The Kier molecular flexibility index (Phi) is 3.46. The van der Waals surface area contributed by atoms with Crippen molar-refractivity contribution in [2.24, 2.45) is 0 Å². The first-order chi connectivity index (χ1) is 12.7. The van der Waals surface area contributed by atoms with Gasteiger partial charge in [0, 0.05) is 6.20 Å². The Labute approximate surface area is 154 Å². The van der Waals surface area contributed by atoms with E-state index in [1.165, 1.54) is 11.3 Å². The molecule has 6 heteroatoms. The van der Waals surface area contributed by atoms with Crippen molar-refractivity contribution >= 4 is 22.4 Å². The molecular formula is C20H16N2O3S. The number of hydrogen-bond donors (Lipinski definition) is 1. The Morgan fingerprint density at radius 1 is 1.08 bits per heavy atom. The van der Waals surface area contributed by atoms with Gasteiger partial charge < -0.3 is 14.8 Å². The Balaban J connectivity index is 1.36. The molecule has 0 radical (unpaired) electrons. The van der Waals surface area contributed by atoms with Crippen LogP contribution in [0.1, 0.15) is 18.4 Å². The molecule has 130 valence electrons. The van der Waals surface area contributed by atoms with Gasteiger partial charge in [-0.05, 0) is 36.1 Å². The highest BCUT2D eigenvalue weighted by molar-refractivity contribution is 7.19. The van der Waals surface area contributed by atoms with Crippen molar-refractivity contribution in [3.63, 3.8) is 0 Å². The Morgan fingerprint density at radius 3 is 2.69 bits per heavy atom. The summed E-state index contributed by atoms with van der Waals surface area (Å²) in [5.41, 5.74) is 1.58. The summed E-state index contributed by atoms with van der Waals surface area (Å²) in [4.78, 5) is 18.3. The zero-order valence-electron chi connectivity index (χ0n) is 13.9. The molecule has 1 amide bonds. The highest BCUT2D eigenvalue weighted by Crippen LogP contribution is 2.51. The van der Waals surface area contributed by atoms with Crippen molar-refractivity contribution < 1.29 is 14.3 Å². The second kappa shape index (κ2) is 5.85. The van der Waals surface area contributed by atoms with E-state index in [4.69, 9.17) is 9.47 Å². The molecule has 0 atom stereocenters. The van der Waals surface area contributed by atoms with E-state index in [2.05, 4.69) is 10.3 Å². The van der Waals surface area contributed by atoms with E-state index < -0.39 is 5.41 Å². The number of rotatable bonds is 4. The molecule has 5 nitrogen and oxygen atoms in total. The number of ether oxygens (including phenoxy) is 2. The maximum atomic E-state index is 12.9. The monoisotopic (exact) mass is 364 g/mol. The second-order valence-corrected chi connectivity index (χ2v) is 7.53. The number of fused-ring (bicyclic) bond motifs is 1. The molecular weight excluding hydrogens is 348 g/mol. The molecule has 3 aromatic rings. The standard InChI is InChI=1S/C20H16N2O3S/c23-18(22-19-21-11-17(26-19)13-4-2-1-3-5-13)20(8-9-20)14-6-7-15-16(10-14)25-12-24-15/h1-7,10-11H,8-9,12H2,(H,21,22,23). The van der Waals surface area contributed by atoms with E-state index in [1.54, 1.807) is 6.20 Å². The smallest absolute Gasteiger partial charge is 0.236 e. The predicted molar refractivity (Wildman–Crippen MR) is 99.7 cm³/mol. The van der Waals surface area contributed by atoms with Crippen LogP contribution in [0.5, 0.6) is 11.5 Å². The highest BCUT2D eigenvalue weighted by Gasteiger charge is 2.52. The third-order valence-electron chi connectivity index (χ3n) is 4.89. The Morgan fingerprint density at radius 2 is 1.88 bits per heavy atom. The topological polar surface area (TPSA) is 60.5 Å². The van der Waals surface area contributed by atoms with Gasteiger partial charge in [0.15, 0.2) is 16.6 Å². The van der Waals surface area contributed by atoms with Crippen molar-refractivity contribution in [3.8, 4) is 21.9 Å². The number of nitrogens with one attached hydrogen (secondary N) is 1. The molecule has 2 aromatic carbocycles. The quantitative estimate of drug-likeness (QED) is 0.753. The minimum atomic E-state index is -0.487. The fraction of sp³-hybridized carbons (Fsp3) is 0.200. The van der Waals surface area contributed by atoms with Crippen LogP contribution in [0.2, 0.25) is 0 Å². The van der Waals surface area contributed by atoms with Crippen LogP contribution in [0, 0.1) is 0 Å². The lowest BCUT2D eigenvalue weighted by molar-refractivity contribution is -0.118. The number of nitrogens with zero attached hydrogens (tertiary/aromatic N) is 1. The third-order valence-corrected chi connectivity index (χ3v) is 5.86. The van der Waals surface area contributed by atoms with Crippen LogP contribution < -0.4 is 14.8 Å². The molecule has 0 unspecified atom stereocenters. The van der Waals surface area contributed by atoms with Gasteiger partial charge in [0.1, 0.15) is 0 Å². The first-order valence-electron chi connectivity index (χ1n) is 8.47. The highest BCUT2D eigenvalue weighted by atomic mass is 32.1. The minimum absolute atomic E-state index is 0.00896. The summed E-state index contributed by atoms with van der Waals surface area (Å²) in [6.07, 6.45) is 3.46. The molecule has 0 bridgehead atoms. The lowest BCUT2D eigenvalue weighted by Gasteiger charge is -2.15. The van der Waals surface area contributed by atoms with Crippen molar-refractivity contribution in [1.82, 2.24) is 4.98 Å². The predicted octanol–water partition coefficient (Wildman–Crippen LogP) is 4.21. The Bertz CT molecular complexity index is 980. The number of anilines is 1. The molecule has 1 N–H and O–H groups in total. The fourth-order valence-corrected chi connectivity index (χ4v) is 4.07. The lowest BCUT2D eigenvalue weighted by Crippen LogP contribution is -2.27. The molecule has 2 aliphatic rings. The molecule has 1 saturated carbocycles. The average molecular weight is 364 g/mol. The maximum Gasteiger partial charge on any atom is 0.236 e. The second-order valence-electron chi connectivity index (χ2n) is 6.50. The number of amides is 1. The number of carbonyl (C=O) groups is 1. The zero-order chi connectivity index (χ0) is 17.6. The molecule has 0 spiro atoms. The summed E-state index contributed by atoms with van der Waals surface area (Å²) >= 11 is 1.49. The molecule has 5 rings (SSSR count). The van der Waals surface area contributed by atoms with Gasteiger partial charge >= 0.3 is 0 Å². The van der Waals surface area contributed by atoms with Gasteiger partial charge in [-0.2, -0.15) is 0 Å². The largest absolute Gasteiger partial charge is 0.454 e. The summed E-state index contributed by atoms with van der Waals surface area (Å²) in [6, 6.07) is 15.8. The van der Waals surface area contributed by atoms with Crippen molar-refractivity contribution in [1.29, 1.82) is 0 Å². The first kappa shape index (κ1) is 15.4. The Hall–Kier alpha value is -2.86. The van der Waals surface area contributed by atoms with E-state index in [-0.39, 0.29) is 12.7 Å². The van der Waals surface area contributed by atoms with Gasteiger partial charge in [0.25, 0.3) is 0 Å². The van der Waals surface area contributed by atoms with Gasteiger partial charge in [-0.25, -0.2) is 4.98 Å². The molecule has 1 fully saturated rings. The molecule has 0 saturated heterocycles. The number of carbonyl (C=O) groups excluding carboxylic acids is 1. The summed E-state index contributed by atoms with van der Waals surface area (Å²) in [6.45, 7) is 0.235. The average Bonchev–Trinajstić information content (AvgIpc) is 3.13. The van der Waals surface area contributed by atoms with E-state index in [1.807, 2.05) is 48.5 Å². The molecule has 26 heavy (non-hydrogen) atoms. The van der Waals surface area contributed by atoms with Crippen LogP contribution in [0.3, 0.4) is 0 Å². The van der Waals surface area contributed by atoms with Crippen LogP contribution in [-0.2, 0) is 10.2 Å². The zero-order valence-corrected chi connectivity index (χ0v) is 14.7. The van der Waals surface area contributed by atoms with Gasteiger partial charge in [0.05, 0.1) is 10.3 Å². The van der Waals surface area contributed by atoms with Crippen molar-refractivity contribution in [2.75, 3.05) is 12.1 Å². The van der Waals surface area contributed by atoms with Crippen LogP contribution in [-0.4, -0.2) is 17.7 Å². The van der Waals surface area contributed by atoms with E-state index in [0.717, 1.165) is 34.6 Å². The van der Waals surface area contributed by atoms with Gasteiger partial charge in [0.2, 0.25) is 12.7 Å². The number of hydrogen-bond acceptors (Lipinski definition) is 5. The van der Waals surface area contributed by atoms with Gasteiger partial charge in [-0.15, -0.1) is 0 Å². The molecule has 1 aromatic heterocycles. The molecule has 1 aliphatic heterocycles. The maximum absolute atomic E-state index is 12.9. The van der Waals surface area contributed by atoms with Crippen LogP contribution >= 0.6 is 11.3 Å². The fourth-order valence-electron chi connectivity index (χ4n) is 3.25. The summed E-state index contributed by atoms with van der Waals surface area (Å²) in [5, 5.41) is 3.62. The summed E-state index contributed by atoms with van der Waals surface area (Å²) in [5.74, 6) is 1.44. The first-order valence-corrected chi connectivity index (χ1v) is 9.29. The van der Waals surface area contributed by atoms with Gasteiger partial charge in [-0.1, -0.05) is 47.7 Å². The van der Waals surface area contributed by atoms with E-state index in [9.17, 15) is 4.79 Å². The lowest BCUT2D eigenvalue weighted by atomic mass is 9.94. The van der Waals surface area contributed by atoms with E-state index >= 15 is 0 Å². The molecule has 1 aliphatic carbocycles. The van der Waals surface area contributed by atoms with E-state index in [0.29, 0.717) is 10.9 Å². The SMILES string of the molecule is O=C(Nc1ncc(-c2ccccc2)s1)C1(c2ccc3c(c2)OCO3)CC1. The summed E-state index contributed by atoms with van der Waals surface area (Å²) in [7, 11) is 0. The van der Waals surface area contributed by atoms with Crippen molar-refractivity contribution in [3.05, 3.63) is 60.3 Å². The van der Waals surface area contributed by atoms with Gasteiger partial charge in [-0.3, -0.25) is 4.79 Å². The number of aromatic nitrogens is 1. The minimum Gasteiger partial charge on any atom is -0.454 e. The van der Waals surface area contributed by atoms with Crippen LogP contribution in [0.25, 0.3) is 10.4 Å². The van der Waals surface area contributed by atoms with Crippen molar-refractivity contribution in [2.45, 2.75) is 18.3 Å². The third kappa shape index (κ3) is 2.54. The van der Waals surface area contributed by atoms with Crippen LogP contribution in [0.4, 0.5) is 5.13 Å². The number of thiazole rings is 1. The normalized spacial score (nSPS) is 16.3. The summed E-state index contributed by atoms with van der Waals surface area (Å²) < 4.78 is 10.8.